The Labute approximate surface area is 152 Å². The number of carbonyl (C=O) groups is 2. The van der Waals surface area contributed by atoms with Crippen LogP contribution >= 0.6 is 0 Å². The van der Waals surface area contributed by atoms with Gasteiger partial charge in [-0.15, -0.1) is 0 Å². The fourth-order valence-electron chi connectivity index (χ4n) is 4.86. The van der Waals surface area contributed by atoms with Gasteiger partial charge in [0, 0.05) is 30.6 Å². The Morgan fingerprint density at radius 3 is 2.96 bits per heavy atom. The van der Waals surface area contributed by atoms with E-state index in [1.54, 1.807) is 9.80 Å². The summed E-state index contributed by atoms with van der Waals surface area (Å²) < 4.78 is 5.70. The number of ether oxygens (including phenoxy) is 1. The topological polar surface area (TPSA) is 65.6 Å². The molecule has 2 saturated heterocycles. The first-order valence-corrected chi connectivity index (χ1v) is 9.40. The molecule has 3 aliphatic heterocycles. The predicted octanol–water partition coefficient (Wildman–Crippen LogP) is 1.79. The molecule has 0 saturated carbocycles. The number of amides is 2. The van der Waals surface area contributed by atoms with E-state index < -0.39 is 5.54 Å². The van der Waals surface area contributed by atoms with Crippen molar-refractivity contribution in [3.8, 4) is 0 Å². The van der Waals surface area contributed by atoms with Gasteiger partial charge in [0.05, 0.1) is 18.3 Å². The molecule has 1 N–H and O–H groups in total. The van der Waals surface area contributed by atoms with Crippen LogP contribution in [0.1, 0.15) is 31.0 Å². The second-order valence-electron chi connectivity index (χ2n) is 7.71. The van der Waals surface area contributed by atoms with Crippen molar-refractivity contribution in [3.05, 3.63) is 35.5 Å². The van der Waals surface area contributed by atoms with Gasteiger partial charge in [-0.25, -0.2) is 0 Å². The Bertz CT molecular complexity index is 899. The van der Waals surface area contributed by atoms with Gasteiger partial charge in [0.2, 0.25) is 5.91 Å². The molecule has 6 nitrogen and oxygen atoms in total. The van der Waals surface area contributed by atoms with Crippen LogP contribution in [0.2, 0.25) is 0 Å². The first-order valence-electron chi connectivity index (χ1n) is 9.40. The number of benzene rings is 1. The Morgan fingerprint density at radius 1 is 1.31 bits per heavy atom. The van der Waals surface area contributed by atoms with Gasteiger partial charge in [-0.1, -0.05) is 18.2 Å². The van der Waals surface area contributed by atoms with Crippen LogP contribution in [0.25, 0.3) is 10.9 Å². The summed E-state index contributed by atoms with van der Waals surface area (Å²) >= 11 is 0. The van der Waals surface area contributed by atoms with Gasteiger partial charge in [0.1, 0.15) is 0 Å². The van der Waals surface area contributed by atoms with E-state index >= 15 is 0 Å². The van der Waals surface area contributed by atoms with E-state index in [0.29, 0.717) is 13.1 Å². The summed E-state index contributed by atoms with van der Waals surface area (Å²) in [6, 6.07) is 8.12. The van der Waals surface area contributed by atoms with Gasteiger partial charge in [-0.2, -0.15) is 0 Å². The maximum atomic E-state index is 13.5. The van der Waals surface area contributed by atoms with E-state index in [9.17, 15) is 9.59 Å². The SMILES string of the molecule is C[C@]12C(=O)N(CC3CCCO3)CC(=O)N1CCc1c2[nH]c2ccccc12. The molecule has 0 aliphatic carbocycles. The molecule has 0 radical (unpaired) electrons. The Hall–Kier alpha value is -2.34. The molecule has 2 aromatic rings. The lowest BCUT2D eigenvalue weighted by Gasteiger charge is -2.49. The van der Waals surface area contributed by atoms with E-state index in [0.717, 1.165) is 42.5 Å². The van der Waals surface area contributed by atoms with Crippen molar-refractivity contribution < 1.29 is 14.3 Å². The number of rotatable bonds is 2. The van der Waals surface area contributed by atoms with Crippen molar-refractivity contribution >= 4 is 22.7 Å². The van der Waals surface area contributed by atoms with Crippen LogP contribution in [-0.4, -0.2) is 58.9 Å². The Kier molecular flexibility index (Phi) is 3.41. The molecule has 26 heavy (non-hydrogen) atoms. The Balaban J connectivity index is 1.58. The number of aromatic amines is 1. The maximum absolute atomic E-state index is 13.5. The molecular formula is C20H23N3O3. The van der Waals surface area contributed by atoms with Crippen molar-refractivity contribution in [3.63, 3.8) is 0 Å². The van der Waals surface area contributed by atoms with Crippen molar-refractivity contribution in [2.24, 2.45) is 0 Å². The fourth-order valence-corrected chi connectivity index (χ4v) is 4.86. The maximum Gasteiger partial charge on any atom is 0.255 e. The van der Waals surface area contributed by atoms with Crippen molar-refractivity contribution in [1.29, 1.82) is 0 Å². The summed E-state index contributed by atoms with van der Waals surface area (Å²) in [6.07, 6.45) is 2.80. The van der Waals surface area contributed by atoms with Gasteiger partial charge in [-0.3, -0.25) is 9.59 Å². The lowest BCUT2D eigenvalue weighted by atomic mass is 9.83. The summed E-state index contributed by atoms with van der Waals surface area (Å²) in [4.78, 5) is 33.3. The van der Waals surface area contributed by atoms with E-state index in [4.69, 9.17) is 4.74 Å². The molecule has 5 rings (SSSR count). The van der Waals surface area contributed by atoms with Crippen molar-refractivity contribution in [1.82, 2.24) is 14.8 Å². The number of piperazine rings is 1. The quantitative estimate of drug-likeness (QED) is 0.895. The molecular weight excluding hydrogens is 330 g/mol. The number of fused-ring (bicyclic) bond motifs is 5. The largest absolute Gasteiger partial charge is 0.376 e. The van der Waals surface area contributed by atoms with E-state index in [2.05, 4.69) is 11.1 Å². The average Bonchev–Trinajstić information content (AvgIpc) is 3.27. The van der Waals surface area contributed by atoms with Crippen LogP contribution in [-0.2, 0) is 26.3 Å². The zero-order valence-electron chi connectivity index (χ0n) is 15.0. The van der Waals surface area contributed by atoms with Crippen LogP contribution in [0.4, 0.5) is 0 Å². The zero-order chi connectivity index (χ0) is 17.9. The van der Waals surface area contributed by atoms with Crippen LogP contribution in [0, 0.1) is 0 Å². The second-order valence-corrected chi connectivity index (χ2v) is 7.71. The summed E-state index contributed by atoms with van der Waals surface area (Å²) in [5, 5.41) is 1.15. The second kappa shape index (κ2) is 5.58. The summed E-state index contributed by atoms with van der Waals surface area (Å²) in [5.41, 5.74) is 2.11. The molecule has 0 bridgehead atoms. The molecule has 2 fully saturated rings. The Morgan fingerprint density at radius 2 is 2.15 bits per heavy atom. The van der Waals surface area contributed by atoms with Gasteiger partial charge in [-0.05, 0) is 37.8 Å². The summed E-state index contributed by atoms with van der Waals surface area (Å²) in [5.74, 6) is 0.0227. The fraction of sp³-hybridized carbons (Fsp3) is 0.500. The van der Waals surface area contributed by atoms with Crippen molar-refractivity contribution in [2.45, 2.75) is 37.8 Å². The normalized spacial score (nSPS) is 28.6. The van der Waals surface area contributed by atoms with Crippen molar-refractivity contribution in [2.75, 3.05) is 26.2 Å². The van der Waals surface area contributed by atoms with Crippen LogP contribution in [0.15, 0.2) is 24.3 Å². The number of nitrogens with zero attached hydrogens (tertiary/aromatic N) is 2. The minimum absolute atomic E-state index is 0.0000983. The third-order valence-electron chi connectivity index (χ3n) is 6.20. The van der Waals surface area contributed by atoms with Gasteiger partial charge >= 0.3 is 0 Å². The molecule has 1 unspecified atom stereocenters. The number of nitrogens with one attached hydrogen (secondary N) is 1. The third-order valence-corrected chi connectivity index (χ3v) is 6.20. The third kappa shape index (κ3) is 2.08. The lowest BCUT2D eigenvalue weighted by Crippen LogP contribution is -2.67. The molecule has 1 aromatic heterocycles. The molecule has 2 amide bonds. The highest BCUT2D eigenvalue weighted by Gasteiger charge is 2.54. The highest BCUT2D eigenvalue weighted by molar-refractivity contribution is 6.00. The average molecular weight is 353 g/mol. The number of hydrogen-bond acceptors (Lipinski definition) is 3. The van der Waals surface area contributed by atoms with Gasteiger partial charge in [0.25, 0.3) is 5.91 Å². The highest BCUT2D eigenvalue weighted by Crippen LogP contribution is 2.42. The zero-order valence-corrected chi connectivity index (χ0v) is 15.0. The minimum Gasteiger partial charge on any atom is -0.376 e. The predicted molar refractivity (Wildman–Crippen MR) is 96.6 cm³/mol. The van der Waals surface area contributed by atoms with E-state index in [-0.39, 0.29) is 24.5 Å². The number of aromatic nitrogens is 1. The lowest BCUT2D eigenvalue weighted by molar-refractivity contribution is -0.167. The monoisotopic (exact) mass is 353 g/mol. The molecule has 0 spiro atoms. The first-order chi connectivity index (χ1) is 12.6. The number of hydrogen-bond donors (Lipinski definition) is 1. The number of H-pyrrole nitrogens is 1. The number of carbonyl (C=O) groups excluding carboxylic acids is 2. The molecule has 3 aliphatic rings. The molecule has 2 atom stereocenters. The van der Waals surface area contributed by atoms with Crippen LogP contribution in [0.5, 0.6) is 0 Å². The summed E-state index contributed by atoms with van der Waals surface area (Å²) in [7, 11) is 0. The first kappa shape index (κ1) is 15.9. The molecule has 4 heterocycles. The van der Waals surface area contributed by atoms with Gasteiger partial charge in [0.15, 0.2) is 5.54 Å². The number of para-hydroxylation sites is 1. The molecule has 136 valence electrons. The van der Waals surface area contributed by atoms with Gasteiger partial charge < -0.3 is 19.5 Å². The smallest absolute Gasteiger partial charge is 0.255 e. The molecule has 6 heteroatoms. The van der Waals surface area contributed by atoms with Crippen LogP contribution in [0.3, 0.4) is 0 Å². The van der Waals surface area contributed by atoms with E-state index in [1.807, 2.05) is 25.1 Å². The summed E-state index contributed by atoms with van der Waals surface area (Å²) in [6.45, 7) is 3.88. The highest BCUT2D eigenvalue weighted by atomic mass is 16.5. The van der Waals surface area contributed by atoms with Crippen LogP contribution < -0.4 is 0 Å². The minimum atomic E-state index is -0.958. The standard InChI is InChI=1S/C20H23N3O3/c1-20-18-15(14-6-2-3-7-16(14)21-18)8-9-23(20)17(24)12-22(19(20)25)11-13-5-4-10-26-13/h2-3,6-7,13,21H,4-5,8-12H2,1H3/t13?,20-/m0/s1. The molecule has 1 aromatic carbocycles. The van der Waals surface area contributed by atoms with E-state index in [1.165, 1.54) is 5.56 Å².